The van der Waals surface area contributed by atoms with E-state index in [4.69, 9.17) is 14.6 Å². The molecule has 144 valence electrons. The number of amidine groups is 1. The van der Waals surface area contributed by atoms with Gasteiger partial charge in [-0.05, 0) is 54.2 Å². The van der Waals surface area contributed by atoms with Crippen molar-refractivity contribution >= 4 is 40.6 Å². The van der Waals surface area contributed by atoms with Gasteiger partial charge in [0.25, 0.3) is 5.91 Å². The summed E-state index contributed by atoms with van der Waals surface area (Å²) in [7, 11) is 4.77. The zero-order chi connectivity index (χ0) is 20.3. The van der Waals surface area contributed by atoms with Gasteiger partial charge in [-0.15, -0.1) is 0 Å². The average molecular weight is 398 g/mol. The van der Waals surface area contributed by atoms with Gasteiger partial charge in [-0.2, -0.15) is 0 Å². The lowest BCUT2D eigenvalue weighted by atomic mass is 10.1. The Morgan fingerprint density at radius 2 is 1.86 bits per heavy atom. The van der Waals surface area contributed by atoms with Crippen molar-refractivity contribution in [3.63, 3.8) is 0 Å². The lowest BCUT2D eigenvalue weighted by Gasteiger charge is -2.08. The molecule has 2 aromatic carbocycles. The van der Waals surface area contributed by atoms with Gasteiger partial charge in [0.15, 0.2) is 5.17 Å². The number of carboxylic acids is 1. The van der Waals surface area contributed by atoms with Crippen LogP contribution in [0.5, 0.6) is 11.5 Å². The second kappa shape index (κ2) is 8.18. The van der Waals surface area contributed by atoms with Gasteiger partial charge in [-0.1, -0.05) is 0 Å². The molecule has 0 aromatic heterocycles. The second-order valence-corrected chi connectivity index (χ2v) is 6.84. The van der Waals surface area contributed by atoms with Gasteiger partial charge in [0.2, 0.25) is 0 Å². The van der Waals surface area contributed by atoms with E-state index in [1.807, 2.05) is 6.07 Å². The summed E-state index contributed by atoms with van der Waals surface area (Å²) in [5, 5.41) is 9.48. The van der Waals surface area contributed by atoms with E-state index in [9.17, 15) is 9.59 Å². The van der Waals surface area contributed by atoms with Gasteiger partial charge in [-0.25, -0.2) is 9.79 Å². The van der Waals surface area contributed by atoms with Crippen molar-refractivity contribution in [2.75, 3.05) is 21.3 Å². The first-order valence-corrected chi connectivity index (χ1v) is 9.06. The molecule has 7 nitrogen and oxygen atoms in total. The fourth-order valence-electron chi connectivity index (χ4n) is 2.52. The summed E-state index contributed by atoms with van der Waals surface area (Å²) in [4.78, 5) is 29.9. The Bertz CT molecular complexity index is 983. The summed E-state index contributed by atoms with van der Waals surface area (Å²) in [5.41, 5.74) is 1.50. The number of carbonyl (C=O) groups excluding carboxylic acids is 1. The minimum absolute atomic E-state index is 0.177. The molecule has 0 unspecified atom stereocenters. The molecule has 1 N–H and O–H groups in total. The predicted molar refractivity (Wildman–Crippen MR) is 108 cm³/mol. The standard InChI is InChI=1S/C20H18N2O5S/c1-22-18(23)17(10-13-6-9-15(26-2)11-16(13)27-3)28-20(22)21-14-7-4-12(5-8-14)19(24)25/h4-11H,1-3H3,(H,24,25)/b17-10+,21-20?. The molecule has 0 saturated carbocycles. The molecule has 0 atom stereocenters. The van der Waals surface area contributed by atoms with Crippen molar-refractivity contribution in [2.24, 2.45) is 4.99 Å². The smallest absolute Gasteiger partial charge is 0.335 e. The fourth-order valence-corrected chi connectivity index (χ4v) is 3.50. The third-order valence-corrected chi connectivity index (χ3v) is 5.13. The normalized spacial score (nSPS) is 16.7. The molecule has 0 spiro atoms. The Morgan fingerprint density at radius 1 is 1.14 bits per heavy atom. The first kappa shape index (κ1) is 19.5. The number of aliphatic imine (C=N–C) groups is 1. The number of methoxy groups -OCH3 is 2. The molecule has 1 saturated heterocycles. The SMILES string of the molecule is COc1ccc(/C=C2/SC(=Nc3ccc(C(=O)O)cc3)N(C)C2=O)c(OC)c1. The van der Waals surface area contributed by atoms with Crippen molar-refractivity contribution < 1.29 is 24.2 Å². The monoisotopic (exact) mass is 398 g/mol. The Morgan fingerprint density at radius 3 is 2.46 bits per heavy atom. The third kappa shape index (κ3) is 4.01. The molecule has 8 heteroatoms. The lowest BCUT2D eigenvalue weighted by molar-refractivity contribution is -0.121. The summed E-state index contributed by atoms with van der Waals surface area (Å²) in [6.07, 6.45) is 1.75. The quantitative estimate of drug-likeness (QED) is 0.774. The Labute approximate surface area is 166 Å². The minimum atomic E-state index is -1.000. The van der Waals surface area contributed by atoms with Crippen LogP contribution in [0, 0.1) is 0 Å². The zero-order valence-electron chi connectivity index (χ0n) is 15.5. The highest BCUT2D eigenvalue weighted by atomic mass is 32.2. The summed E-state index contributed by atoms with van der Waals surface area (Å²) in [6.45, 7) is 0. The number of aromatic carboxylic acids is 1. The highest BCUT2D eigenvalue weighted by molar-refractivity contribution is 8.18. The number of carbonyl (C=O) groups is 2. The zero-order valence-corrected chi connectivity index (χ0v) is 16.3. The topological polar surface area (TPSA) is 88.4 Å². The maximum Gasteiger partial charge on any atom is 0.335 e. The summed E-state index contributed by atoms with van der Waals surface area (Å²) in [5.74, 6) is 0.0790. The highest BCUT2D eigenvalue weighted by Crippen LogP contribution is 2.35. The molecular weight excluding hydrogens is 380 g/mol. The van der Waals surface area contributed by atoms with Gasteiger partial charge in [0.05, 0.1) is 30.4 Å². The minimum Gasteiger partial charge on any atom is -0.497 e. The molecule has 1 heterocycles. The van der Waals surface area contributed by atoms with Crippen LogP contribution < -0.4 is 9.47 Å². The van der Waals surface area contributed by atoms with Crippen LogP contribution in [0.3, 0.4) is 0 Å². The number of benzene rings is 2. The van der Waals surface area contributed by atoms with Gasteiger partial charge in [0.1, 0.15) is 11.5 Å². The number of nitrogens with zero attached hydrogens (tertiary/aromatic N) is 2. The van der Waals surface area contributed by atoms with Crippen molar-refractivity contribution in [1.82, 2.24) is 4.90 Å². The molecule has 1 aliphatic heterocycles. The second-order valence-electron chi connectivity index (χ2n) is 5.83. The third-order valence-electron chi connectivity index (χ3n) is 4.07. The Kier molecular flexibility index (Phi) is 5.70. The van der Waals surface area contributed by atoms with E-state index < -0.39 is 5.97 Å². The maximum atomic E-state index is 12.6. The first-order valence-electron chi connectivity index (χ1n) is 8.24. The molecule has 1 amide bonds. The van der Waals surface area contributed by atoms with Gasteiger partial charge in [0, 0.05) is 18.7 Å². The number of ether oxygens (including phenoxy) is 2. The van der Waals surface area contributed by atoms with E-state index in [2.05, 4.69) is 4.99 Å². The van der Waals surface area contributed by atoms with Gasteiger partial charge < -0.3 is 14.6 Å². The van der Waals surface area contributed by atoms with E-state index >= 15 is 0 Å². The molecule has 0 aliphatic carbocycles. The van der Waals surface area contributed by atoms with Crippen molar-refractivity contribution in [1.29, 1.82) is 0 Å². The van der Waals surface area contributed by atoms with Crippen LogP contribution in [0.4, 0.5) is 5.69 Å². The first-order chi connectivity index (χ1) is 13.4. The summed E-state index contributed by atoms with van der Waals surface area (Å²) < 4.78 is 10.6. The number of carboxylic acid groups (broad SMARTS) is 1. The van der Waals surface area contributed by atoms with E-state index in [-0.39, 0.29) is 11.5 Å². The van der Waals surface area contributed by atoms with Crippen molar-refractivity contribution in [3.05, 3.63) is 58.5 Å². The number of rotatable bonds is 5. The number of thioether (sulfide) groups is 1. The van der Waals surface area contributed by atoms with Gasteiger partial charge >= 0.3 is 5.97 Å². The Balaban J connectivity index is 1.89. The molecule has 2 aromatic rings. The molecular formula is C20H18N2O5S. The maximum absolute atomic E-state index is 12.6. The lowest BCUT2D eigenvalue weighted by Crippen LogP contribution is -2.23. The van der Waals surface area contributed by atoms with Gasteiger partial charge in [-0.3, -0.25) is 9.69 Å². The number of hydrogen-bond acceptors (Lipinski definition) is 6. The molecule has 1 aliphatic rings. The van der Waals surface area contributed by atoms with E-state index in [1.165, 1.54) is 28.8 Å². The van der Waals surface area contributed by atoms with Crippen molar-refractivity contribution in [2.45, 2.75) is 0 Å². The largest absolute Gasteiger partial charge is 0.497 e. The molecule has 0 radical (unpaired) electrons. The average Bonchev–Trinajstić information content (AvgIpc) is 2.96. The fraction of sp³-hybridized carbons (Fsp3) is 0.150. The highest BCUT2D eigenvalue weighted by Gasteiger charge is 2.30. The van der Waals surface area contributed by atoms with Crippen LogP contribution >= 0.6 is 11.8 Å². The molecule has 0 bridgehead atoms. The van der Waals surface area contributed by atoms with E-state index in [0.717, 1.165) is 5.56 Å². The van der Waals surface area contributed by atoms with Crippen molar-refractivity contribution in [3.8, 4) is 11.5 Å². The number of hydrogen-bond donors (Lipinski definition) is 1. The van der Waals surface area contributed by atoms with Crippen LogP contribution in [0.2, 0.25) is 0 Å². The van der Waals surface area contributed by atoms with Crippen LogP contribution in [-0.4, -0.2) is 48.3 Å². The number of likely N-dealkylation sites (N-methyl/N-ethyl adjacent to an activating group) is 1. The Hall–Kier alpha value is -3.26. The summed E-state index contributed by atoms with van der Waals surface area (Å²) >= 11 is 1.24. The van der Waals surface area contributed by atoms with Crippen LogP contribution in [0.1, 0.15) is 15.9 Å². The summed E-state index contributed by atoms with van der Waals surface area (Å²) in [6, 6.07) is 11.5. The van der Waals surface area contributed by atoms with Crippen LogP contribution in [-0.2, 0) is 4.79 Å². The molecule has 1 fully saturated rings. The molecule has 28 heavy (non-hydrogen) atoms. The van der Waals surface area contributed by atoms with Crippen LogP contribution in [0.25, 0.3) is 6.08 Å². The van der Waals surface area contributed by atoms with E-state index in [1.54, 1.807) is 51.6 Å². The van der Waals surface area contributed by atoms with E-state index in [0.29, 0.717) is 27.3 Å². The number of amides is 1. The molecule has 3 rings (SSSR count). The predicted octanol–water partition coefficient (Wildman–Crippen LogP) is 3.64. The van der Waals surface area contributed by atoms with Crippen LogP contribution in [0.15, 0.2) is 52.4 Å².